The third kappa shape index (κ3) is 5.72. The number of allylic oxidation sites excluding steroid dienone is 2. The van der Waals surface area contributed by atoms with Gasteiger partial charge in [0, 0.05) is 21.1 Å². The van der Waals surface area contributed by atoms with E-state index in [1.54, 1.807) is 30.3 Å². The Kier molecular flexibility index (Phi) is 9.03. The van der Waals surface area contributed by atoms with Crippen LogP contribution < -0.4 is 15.1 Å². The number of phenolic OH excluding ortho intramolecular Hbond substituents is 1. The van der Waals surface area contributed by atoms with E-state index >= 15 is 4.79 Å². The van der Waals surface area contributed by atoms with Crippen molar-refractivity contribution in [3.8, 4) is 11.5 Å². The minimum atomic E-state index is -1.50. The number of nitrogens with one attached hydrogen (secondary N) is 1. The number of carbonyl (C=O) groups excluding carboxylic acids is 4. The zero-order chi connectivity index (χ0) is 38.7. The van der Waals surface area contributed by atoms with E-state index in [4.69, 9.17) is 4.74 Å². The summed E-state index contributed by atoms with van der Waals surface area (Å²) < 4.78 is 7.07. The maximum absolute atomic E-state index is 15.4. The largest absolute Gasteiger partial charge is 0.508 e. The lowest BCUT2D eigenvalue weighted by Crippen LogP contribution is -2.53. The molecular weight excluding hydrogens is 817 g/mol. The molecule has 2 N–H and O–H groups in total. The zero-order valence-corrected chi connectivity index (χ0v) is 32.6. The van der Waals surface area contributed by atoms with Crippen molar-refractivity contribution in [3.05, 3.63) is 165 Å². The maximum atomic E-state index is 15.4. The number of halogens is 1. The Morgan fingerprint density at radius 1 is 0.804 bits per heavy atom. The van der Waals surface area contributed by atoms with Crippen molar-refractivity contribution in [2.24, 2.45) is 23.7 Å². The lowest BCUT2D eigenvalue weighted by molar-refractivity contribution is -0.138. The number of carbonyl (C=O) groups is 4. The summed E-state index contributed by atoms with van der Waals surface area (Å²) >= 11 is 2.19. The van der Waals surface area contributed by atoms with Gasteiger partial charge in [0.1, 0.15) is 18.1 Å². The summed E-state index contributed by atoms with van der Waals surface area (Å²) in [5, 5.41) is 13.1. The Hall–Kier alpha value is -5.75. The average Bonchev–Trinajstić information content (AvgIpc) is 3.60. The van der Waals surface area contributed by atoms with Gasteiger partial charge in [0.25, 0.3) is 11.8 Å². The molecule has 2 aliphatic carbocycles. The highest BCUT2D eigenvalue weighted by Gasteiger charge is 2.70. The molecule has 5 aromatic rings. The van der Waals surface area contributed by atoms with Crippen LogP contribution in [-0.2, 0) is 31.2 Å². The number of aromatic hydroxyl groups is 1. The molecule has 0 radical (unpaired) electrons. The molecule has 280 valence electrons. The molecule has 9 nitrogen and oxygen atoms in total. The van der Waals surface area contributed by atoms with Crippen molar-refractivity contribution < 1.29 is 29.0 Å². The maximum Gasteiger partial charge on any atom is 0.260 e. The molecule has 4 amide bonds. The van der Waals surface area contributed by atoms with Crippen LogP contribution in [0.15, 0.2) is 139 Å². The second-order valence-corrected chi connectivity index (χ2v) is 16.3. The molecule has 4 aliphatic rings. The molecule has 5 aromatic carbocycles. The van der Waals surface area contributed by atoms with E-state index < -0.39 is 46.8 Å². The second-order valence-electron chi connectivity index (χ2n) is 15.1. The van der Waals surface area contributed by atoms with Gasteiger partial charge >= 0.3 is 0 Å². The van der Waals surface area contributed by atoms with Crippen LogP contribution in [0.2, 0.25) is 0 Å². The minimum Gasteiger partial charge on any atom is -0.508 e. The van der Waals surface area contributed by atoms with Crippen LogP contribution in [0.4, 0.5) is 11.4 Å². The van der Waals surface area contributed by atoms with E-state index in [0.29, 0.717) is 28.3 Å². The highest BCUT2D eigenvalue weighted by atomic mass is 127. The predicted molar refractivity (Wildman–Crippen MR) is 219 cm³/mol. The van der Waals surface area contributed by atoms with E-state index in [2.05, 4.69) is 28.0 Å². The van der Waals surface area contributed by atoms with E-state index in [1.807, 2.05) is 110 Å². The van der Waals surface area contributed by atoms with Crippen LogP contribution in [0.5, 0.6) is 11.5 Å². The molecule has 0 aromatic heterocycles. The Morgan fingerprint density at radius 3 is 2.20 bits per heavy atom. The number of fused-ring (bicyclic) bond motifs is 4. The van der Waals surface area contributed by atoms with Gasteiger partial charge < -0.3 is 9.84 Å². The van der Waals surface area contributed by atoms with Gasteiger partial charge in [-0.1, -0.05) is 96.1 Å². The van der Waals surface area contributed by atoms with Gasteiger partial charge in [0.2, 0.25) is 11.8 Å². The van der Waals surface area contributed by atoms with Crippen LogP contribution in [0.25, 0.3) is 0 Å². The second kappa shape index (κ2) is 14.1. The van der Waals surface area contributed by atoms with Crippen molar-refractivity contribution in [1.29, 1.82) is 0 Å². The van der Waals surface area contributed by atoms with Gasteiger partial charge in [-0.2, -0.15) is 5.01 Å². The molecule has 10 heteroatoms. The number of hydrogen-bond acceptors (Lipinski definition) is 7. The van der Waals surface area contributed by atoms with Crippen molar-refractivity contribution in [3.63, 3.8) is 0 Å². The lowest BCUT2D eigenvalue weighted by Gasteiger charge is -2.50. The molecular formula is C46H38IN3O6. The molecule has 0 bridgehead atoms. The number of rotatable bonds is 8. The predicted octanol–water partition coefficient (Wildman–Crippen LogP) is 8.07. The molecule has 2 saturated heterocycles. The third-order valence-electron chi connectivity index (χ3n) is 12.0. The number of hydrazine groups is 1. The summed E-state index contributed by atoms with van der Waals surface area (Å²) in [6.07, 6.45) is 2.43. The molecule has 3 fully saturated rings. The number of hydrogen-bond donors (Lipinski definition) is 2. The van der Waals surface area contributed by atoms with Crippen molar-refractivity contribution in [2.75, 3.05) is 10.3 Å². The first-order valence-corrected chi connectivity index (χ1v) is 19.8. The smallest absolute Gasteiger partial charge is 0.260 e. The topological polar surface area (TPSA) is 116 Å². The average molecular weight is 856 g/mol. The molecule has 9 rings (SSSR count). The van der Waals surface area contributed by atoms with Gasteiger partial charge in [-0.05, 0) is 102 Å². The van der Waals surface area contributed by atoms with Gasteiger partial charge in [0.15, 0.2) is 0 Å². The summed E-state index contributed by atoms with van der Waals surface area (Å²) in [6, 6.07) is 38.8. The molecule has 1 saturated carbocycles. The Morgan fingerprint density at radius 2 is 1.50 bits per heavy atom. The molecule has 0 spiro atoms. The first-order valence-electron chi connectivity index (χ1n) is 18.8. The van der Waals surface area contributed by atoms with Crippen molar-refractivity contribution in [2.45, 2.75) is 37.7 Å². The summed E-state index contributed by atoms with van der Waals surface area (Å²) in [4.78, 5) is 60.4. The van der Waals surface area contributed by atoms with Crippen molar-refractivity contribution in [1.82, 2.24) is 5.01 Å². The number of aryl methyl sites for hydroxylation is 1. The zero-order valence-electron chi connectivity index (χ0n) is 30.5. The number of nitrogens with zero attached hydrogens (tertiary/aromatic N) is 2. The SMILES string of the molecule is Cc1ccc(NN2C(=O)C3CC4C(=CCC5C(=O)N(c6ccc(I)cc6)C(=O)C54)C(c4ccc(OCc5ccccc5)cc4O)C3(c3ccccc3)C2=O)cc1. The fourth-order valence-electron chi connectivity index (χ4n) is 9.53. The molecule has 56 heavy (non-hydrogen) atoms. The fourth-order valence-corrected chi connectivity index (χ4v) is 9.89. The number of benzene rings is 5. The van der Waals surface area contributed by atoms with Crippen LogP contribution >= 0.6 is 22.6 Å². The highest BCUT2D eigenvalue weighted by Crippen LogP contribution is 2.65. The monoisotopic (exact) mass is 855 g/mol. The van der Waals surface area contributed by atoms with Gasteiger partial charge in [-0.25, -0.2) is 0 Å². The fraction of sp³-hybridized carbons (Fsp3) is 0.217. The normalized spacial score (nSPS) is 25.4. The highest BCUT2D eigenvalue weighted by molar-refractivity contribution is 14.1. The molecule has 6 atom stereocenters. The molecule has 2 aliphatic heterocycles. The van der Waals surface area contributed by atoms with E-state index in [0.717, 1.165) is 25.3 Å². The first-order chi connectivity index (χ1) is 27.2. The number of anilines is 2. The van der Waals surface area contributed by atoms with Crippen LogP contribution in [-0.4, -0.2) is 33.7 Å². The minimum absolute atomic E-state index is 0.0992. The standard InChI is InChI=1S/C46H38IN3O6/c1-27-12-16-31(17-13-27)48-50-43(53)38-25-37-34(22-23-36-40(37)44(54)49(42(36)52)32-18-14-30(47)15-19-32)41(46(38,45(50)55)29-10-6-3-7-11-29)35-21-20-33(24-39(35)51)56-26-28-8-4-2-5-9-28/h2-22,24,36-38,40-41,48,51H,23,25-26H2,1H3. The molecule has 6 unspecified atom stereocenters. The van der Waals surface area contributed by atoms with Gasteiger partial charge in [-0.15, -0.1) is 0 Å². The Balaban J connectivity index is 1.19. The number of amides is 4. The number of imide groups is 2. The van der Waals surface area contributed by atoms with Gasteiger partial charge in [0.05, 0.1) is 34.5 Å². The summed E-state index contributed by atoms with van der Waals surface area (Å²) in [5.74, 6) is -4.88. The van der Waals surface area contributed by atoms with Crippen LogP contribution in [0.3, 0.4) is 0 Å². The van der Waals surface area contributed by atoms with E-state index in [9.17, 15) is 19.5 Å². The van der Waals surface area contributed by atoms with Crippen molar-refractivity contribution >= 4 is 57.6 Å². The number of ether oxygens (including phenoxy) is 1. The van der Waals surface area contributed by atoms with Crippen LogP contribution in [0.1, 0.15) is 41.0 Å². The van der Waals surface area contributed by atoms with E-state index in [1.165, 1.54) is 4.90 Å². The summed E-state index contributed by atoms with van der Waals surface area (Å²) in [6.45, 7) is 2.25. The van der Waals surface area contributed by atoms with E-state index in [-0.39, 0.29) is 37.0 Å². The first kappa shape index (κ1) is 35.9. The number of phenols is 1. The molecule has 2 heterocycles. The Bertz CT molecular complexity index is 2400. The quantitative estimate of drug-likeness (QED) is 0.0922. The lowest BCUT2D eigenvalue weighted by atomic mass is 9.49. The van der Waals surface area contributed by atoms with Crippen LogP contribution in [0, 0.1) is 34.2 Å². The third-order valence-corrected chi connectivity index (χ3v) is 12.8. The summed E-state index contributed by atoms with van der Waals surface area (Å²) in [5.41, 5.74) is 6.51. The summed E-state index contributed by atoms with van der Waals surface area (Å²) in [7, 11) is 0. The van der Waals surface area contributed by atoms with Gasteiger partial charge in [-0.3, -0.25) is 29.5 Å². The Labute approximate surface area is 338 Å².